The molecule has 0 spiro atoms. The standard InChI is InChI=1S/C20H29N5O4/c1-20(2,3)29-19(26)25(4)11-6-12-28-16-8-5-7-15(13-16)14-22-18-21-10-9-17(23-18)24-27/h5,7-10,13,27H,6,11-12,14H2,1-4H3,(H2,21,22,23,24). The molecule has 0 aliphatic rings. The maximum absolute atomic E-state index is 11.9. The Hall–Kier alpha value is -3.07. The van der Waals surface area contributed by atoms with Crippen LogP contribution in [0.2, 0.25) is 0 Å². The second-order valence-electron chi connectivity index (χ2n) is 7.48. The van der Waals surface area contributed by atoms with Crippen molar-refractivity contribution < 1.29 is 19.5 Å². The number of anilines is 2. The first-order valence-electron chi connectivity index (χ1n) is 9.40. The van der Waals surface area contributed by atoms with Crippen LogP contribution in [0.5, 0.6) is 5.75 Å². The molecule has 9 nitrogen and oxygen atoms in total. The number of amides is 1. The Morgan fingerprint density at radius 1 is 1.28 bits per heavy atom. The average molecular weight is 403 g/mol. The van der Waals surface area contributed by atoms with Crippen molar-refractivity contribution in [3.05, 3.63) is 42.1 Å². The van der Waals surface area contributed by atoms with E-state index in [9.17, 15) is 4.79 Å². The Morgan fingerprint density at radius 2 is 2.07 bits per heavy atom. The molecule has 0 saturated heterocycles. The van der Waals surface area contributed by atoms with Gasteiger partial charge in [-0.25, -0.2) is 9.78 Å². The summed E-state index contributed by atoms with van der Waals surface area (Å²) in [5, 5.41) is 12.0. The van der Waals surface area contributed by atoms with Crippen LogP contribution in [-0.4, -0.2) is 52.0 Å². The molecule has 9 heteroatoms. The molecule has 1 aromatic heterocycles. The predicted octanol–water partition coefficient (Wildman–Crippen LogP) is 3.53. The highest BCUT2D eigenvalue weighted by Gasteiger charge is 2.19. The molecular formula is C20H29N5O4. The summed E-state index contributed by atoms with van der Waals surface area (Å²) >= 11 is 0. The third-order valence-corrected chi connectivity index (χ3v) is 3.73. The fourth-order valence-electron chi connectivity index (χ4n) is 2.36. The highest BCUT2D eigenvalue weighted by molar-refractivity contribution is 5.67. The van der Waals surface area contributed by atoms with Crippen LogP contribution >= 0.6 is 0 Å². The lowest BCUT2D eigenvalue weighted by atomic mass is 10.2. The van der Waals surface area contributed by atoms with Crippen molar-refractivity contribution in [2.75, 3.05) is 31.0 Å². The lowest BCUT2D eigenvalue weighted by Gasteiger charge is -2.24. The Kier molecular flexibility index (Phi) is 8.02. The van der Waals surface area contributed by atoms with Gasteiger partial charge in [-0.15, -0.1) is 0 Å². The van der Waals surface area contributed by atoms with Crippen molar-refractivity contribution >= 4 is 17.9 Å². The molecule has 0 bridgehead atoms. The molecule has 2 aromatic rings. The number of aromatic nitrogens is 2. The first-order chi connectivity index (χ1) is 13.8. The normalized spacial score (nSPS) is 10.9. The van der Waals surface area contributed by atoms with Gasteiger partial charge in [0.05, 0.1) is 6.61 Å². The van der Waals surface area contributed by atoms with Crippen LogP contribution in [0.3, 0.4) is 0 Å². The number of ether oxygens (including phenoxy) is 2. The number of carbonyl (C=O) groups is 1. The van der Waals surface area contributed by atoms with Crippen molar-refractivity contribution in [3.63, 3.8) is 0 Å². The third-order valence-electron chi connectivity index (χ3n) is 3.73. The quantitative estimate of drug-likeness (QED) is 0.431. The maximum atomic E-state index is 11.9. The molecule has 2 rings (SSSR count). The number of nitrogens with one attached hydrogen (secondary N) is 2. The van der Waals surface area contributed by atoms with Crippen LogP contribution in [0.4, 0.5) is 16.6 Å². The van der Waals surface area contributed by atoms with Crippen LogP contribution in [0.15, 0.2) is 36.5 Å². The molecule has 29 heavy (non-hydrogen) atoms. The largest absolute Gasteiger partial charge is 0.494 e. The van der Waals surface area contributed by atoms with Gasteiger partial charge in [0.1, 0.15) is 11.4 Å². The van der Waals surface area contributed by atoms with E-state index in [1.54, 1.807) is 24.2 Å². The summed E-state index contributed by atoms with van der Waals surface area (Å²) in [5.41, 5.74) is 2.48. The highest BCUT2D eigenvalue weighted by atomic mass is 16.6. The Balaban J connectivity index is 1.76. The fraction of sp³-hybridized carbons (Fsp3) is 0.450. The van der Waals surface area contributed by atoms with Crippen molar-refractivity contribution in [3.8, 4) is 5.75 Å². The average Bonchev–Trinajstić information content (AvgIpc) is 2.68. The molecule has 3 N–H and O–H groups in total. The zero-order valence-electron chi connectivity index (χ0n) is 17.3. The SMILES string of the molecule is CN(CCCOc1cccc(CNc2nccc(NO)n2)c1)C(=O)OC(C)(C)C. The van der Waals surface area contributed by atoms with E-state index in [1.807, 2.05) is 50.5 Å². The molecule has 0 aliphatic heterocycles. The number of rotatable bonds is 9. The monoisotopic (exact) mass is 403 g/mol. The second kappa shape index (κ2) is 10.5. The van der Waals surface area contributed by atoms with E-state index in [1.165, 1.54) is 0 Å². The number of benzene rings is 1. The van der Waals surface area contributed by atoms with Crippen LogP contribution in [-0.2, 0) is 11.3 Å². The molecule has 0 aliphatic carbocycles. The molecule has 0 atom stereocenters. The minimum Gasteiger partial charge on any atom is -0.494 e. The number of nitrogens with zero attached hydrogens (tertiary/aromatic N) is 3. The van der Waals surface area contributed by atoms with Crippen molar-refractivity contribution in [1.29, 1.82) is 0 Å². The van der Waals surface area contributed by atoms with Crippen LogP contribution < -0.4 is 15.5 Å². The summed E-state index contributed by atoms with van der Waals surface area (Å²) in [6, 6.07) is 9.24. The van der Waals surface area contributed by atoms with Gasteiger partial charge in [-0.05, 0) is 44.9 Å². The van der Waals surface area contributed by atoms with Crippen molar-refractivity contribution in [1.82, 2.24) is 14.9 Å². The predicted molar refractivity (Wildman–Crippen MR) is 110 cm³/mol. The summed E-state index contributed by atoms with van der Waals surface area (Å²) in [4.78, 5) is 21.6. The number of carbonyl (C=O) groups excluding carboxylic acids is 1. The van der Waals surface area contributed by atoms with Crippen LogP contribution in [0, 0.1) is 0 Å². The summed E-state index contributed by atoms with van der Waals surface area (Å²) in [7, 11) is 1.71. The topological polar surface area (TPSA) is 109 Å². The Morgan fingerprint density at radius 3 is 2.79 bits per heavy atom. The Labute approximate surface area is 171 Å². The van der Waals surface area contributed by atoms with Gasteiger partial charge in [0.15, 0.2) is 5.82 Å². The number of hydrogen-bond donors (Lipinski definition) is 3. The van der Waals surface area contributed by atoms with Crippen molar-refractivity contribution in [2.24, 2.45) is 0 Å². The molecular weight excluding hydrogens is 374 g/mol. The van der Waals surface area contributed by atoms with E-state index in [0.29, 0.717) is 37.9 Å². The van der Waals surface area contributed by atoms with E-state index in [-0.39, 0.29) is 6.09 Å². The second-order valence-corrected chi connectivity index (χ2v) is 7.48. The van der Waals surface area contributed by atoms with Crippen LogP contribution in [0.1, 0.15) is 32.8 Å². The first kappa shape index (κ1) is 22.2. The zero-order chi connectivity index (χ0) is 21.3. The lowest BCUT2D eigenvalue weighted by Crippen LogP contribution is -2.35. The summed E-state index contributed by atoms with van der Waals surface area (Å²) in [5.74, 6) is 1.47. The van der Waals surface area contributed by atoms with Gasteiger partial charge in [0.2, 0.25) is 5.95 Å². The molecule has 1 aromatic carbocycles. The molecule has 0 fully saturated rings. The number of hydrogen-bond acceptors (Lipinski definition) is 8. The van der Waals surface area contributed by atoms with Crippen molar-refractivity contribution in [2.45, 2.75) is 39.3 Å². The molecule has 158 valence electrons. The minimum atomic E-state index is -0.503. The van der Waals surface area contributed by atoms with E-state index in [2.05, 4.69) is 15.3 Å². The van der Waals surface area contributed by atoms with Gasteiger partial charge in [-0.1, -0.05) is 12.1 Å². The lowest BCUT2D eigenvalue weighted by molar-refractivity contribution is 0.0292. The van der Waals surface area contributed by atoms with Gasteiger partial charge in [0, 0.05) is 32.4 Å². The van der Waals surface area contributed by atoms with Gasteiger partial charge < -0.3 is 19.7 Å². The Bertz CT molecular complexity index is 794. The maximum Gasteiger partial charge on any atom is 0.410 e. The van der Waals surface area contributed by atoms with E-state index >= 15 is 0 Å². The summed E-state index contributed by atoms with van der Waals surface area (Å²) in [6.45, 7) is 7.07. The van der Waals surface area contributed by atoms with E-state index < -0.39 is 5.60 Å². The zero-order valence-corrected chi connectivity index (χ0v) is 17.3. The van der Waals surface area contributed by atoms with Gasteiger partial charge in [-0.2, -0.15) is 4.98 Å². The van der Waals surface area contributed by atoms with Crippen LogP contribution in [0.25, 0.3) is 0 Å². The molecule has 1 heterocycles. The third kappa shape index (κ3) is 8.22. The summed E-state index contributed by atoms with van der Waals surface area (Å²) in [6.07, 6.45) is 1.89. The minimum absolute atomic E-state index is 0.316. The molecule has 0 saturated carbocycles. The highest BCUT2D eigenvalue weighted by Crippen LogP contribution is 2.15. The van der Waals surface area contributed by atoms with E-state index in [0.717, 1.165) is 11.3 Å². The molecule has 0 unspecified atom stereocenters. The smallest absolute Gasteiger partial charge is 0.410 e. The first-order valence-corrected chi connectivity index (χ1v) is 9.40. The fourth-order valence-corrected chi connectivity index (χ4v) is 2.36. The van der Waals surface area contributed by atoms with Gasteiger partial charge in [0.25, 0.3) is 0 Å². The van der Waals surface area contributed by atoms with Gasteiger partial charge in [-0.3, -0.25) is 10.7 Å². The van der Waals surface area contributed by atoms with Gasteiger partial charge >= 0.3 is 6.09 Å². The molecule has 0 radical (unpaired) electrons. The van der Waals surface area contributed by atoms with E-state index in [4.69, 9.17) is 14.7 Å². The molecule has 1 amide bonds. The summed E-state index contributed by atoms with van der Waals surface area (Å²) < 4.78 is 11.1.